The minimum absolute atomic E-state index is 0.00829. The molecule has 3 rings (SSSR count). The van der Waals surface area contributed by atoms with Gasteiger partial charge in [0.05, 0.1) is 15.1 Å². The van der Waals surface area contributed by atoms with Crippen LogP contribution in [0.3, 0.4) is 0 Å². The second-order valence-corrected chi connectivity index (χ2v) is 10.8. The van der Waals surface area contributed by atoms with Gasteiger partial charge in [-0.1, -0.05) is 55.9 Å². The van der Waals surface area contributed by atoms with Gasteiger partial charge in [-0.15, -0.1) is 11.3 Å². The number of thiazole rings is 1. The summed E-state index contributed by atoms with van der Waals surface area (Å²) in [4.78, 5) is 16.4. The van der Waals surface area contributed by atoms with Crippen molar-refractivity contribution in [1.29, 1.82) is 0 Å². The number of fused-ring (bicyclic) bond motifs is 1. The van der Waals surface area contributed by atoms with Crippen LogP contribution in [0.1, 0.15) is 25.8 Å². The number of carboxylic acid groups (broad SMARTS) is 1. The minimum Gasteiger partial charge on any atom is -0.480 e. The van der Waals surface area contributed by atoms with E-state index in [1.165, 1.54) is 17.4 Å². The van der Waals surface area contributed by atoms with Crippen LogP contribution >= 0.6 is 23.1 Å². The van der Waals surface area contributed by atoms with E-state index in [-0.39, 0.29) is 17.9 Å². The Balaban J connectivity index is 2.05. The first-order chi connectivity index (χ1) is 13.9. The Hall–Kier alpha value is -1.94. The molecule has 9 heteroatoms. The molecule has 0 fully saturated rings. The van der Waals surface area contributed by atoms with Crippen molar-refractivity contribution in [3.05, 3.63) is 54.1 Å². The Morgan fingerprint density at radius 3 is 2.55 bits per heavy atom. The summed E-state index contributed by atoms with van der Waals surface area (Å²) in [7, 11) is -4.03. The molecule has 1 atom stereocenters. The molecule has 0 aliphatic heterocycles. The normalized spacial score (nSPS) is 13.1. The third-order valence-electron chi connectivity index (χ3n) is 4.42. The van der Waals surface area contributed by atoms with Crippen molar-refractivity contribution in [3.8, 4) is 0 Å². The minimum atomic E-state index is -4.03. The highest BCUT2D eigenvalue weighted by molar-refractivity contribution is 8.01. The van der Waals surface area contributed by atoms with Gasteiger partial charge in [0.1, 0.15) is 6.04 Å². The zero-order chi connectivity index (χ0) is 21.0. The van der Waals surface area contributed by atoms with Crippen LogP contribution in [0, 0.1) is 0 Å². The first kappa shape index (κ1) is 21.8. The van der Waals surface area contributed by atoms with E-state index in [2.05, 4.69) is 4.98 Å². The molecule has 0 saturated carbocycles. The van der Waals surface area contributed by atoms with E-state index >= 15 is 0 Å². The first-order valence-electron chi connectivity index (χ1n) is 9.18. The third-order valence-corrected chi connectivity index (χ3v) is 8.31. The van der Waals surface area contributed by atoms with Gasteiger partial charge < -0.3 is 5.11 Å². The SMILES string of the molecule is CCSc1nc2ccc(S(=O)(=O)N(Cc3ccccc3)C(CC)C(=O)O)cc2s1. The Morgan fingerprint density at radius 2 is 1.93 bits per heavy atom. The molecule has 0 bridgehead atoms. The van der Waals surface area contributed by atoms with Crippen LogP contribution in [0.5, 0.6) is 0 Å². The maximum atomic E-state index is 13.5. The molecule has 2 aromatic carbocycles. The third kappa shape index (κ3) is 4.80. The summed E-state index contributed by atoms with van der Waals surface area (Å²) >= 11 is 3.05. The van der Waals surface area contributed by atoms with Gasteiger partial charge in [0.15, 0.2) is 4.34 Å². The monoisotopic (exact) mass is 450 g/mol. The van der Waals surface area contributed by atoms with Crippen molar-refractivity contribution in [2.45, 2.75) is 42.1 Å². The number of rotatable bonds is 9. The number of benzene rings is 2. The van der Waals surface area contributed by atoms with Gasteiger partial charge in [0.2, 0.25) is 10.0 Å². The van der Waals surface area contributed by atoms with Gasteiger partial charge in [-0.3, -0.25) is 4.79 Å². The van der Waals surface area contributed by atoms with Crippen molar-refractivity contribution in [1.82, 2.24) is 9.29 Å². The van der Waals surface area contributed by atoms with Gasteiger partial charge in [-0.2, -0.15) is 4.31 Å². The van der Waals surface area contributed by atoms with E-state index in [9.17, 15) is 18.3 Å². The maximum Gasteiger partial charge on any atom is 0.322 e. The van der Waals surface area contributed by atoms with E-state index in [1.54, 1.807) is 55.1 Å². The van der Waals surface area contributed by atoms with Crippen molar-refractivity contribution >= 4 is 49.3 Å². The summed E-state index contributed by atoms with van der Waals surface area (Å²) in [5.41, 5.74) is 1.47. The van der Waals surface area contributed by atoms with Crippen LogP contribution in [0.4, 0.5) is 0 Å². The number of sulfonamides is 1. The lowest BCUT2D eigenvalue weighted by Crippen LogP contribution is -2.44. The highest BCUT2D eigenvalue weighted by Crippen LogP contribution is 2.32. The molecule has 1 unspecified atom stereocenters. The quantitative estimate of drug-likeness (QED) is 0.484. The second kappa shape index (κ2) is 9.25. The van der Waals surface area contributed by atoms with Crippen LogP contribution in [-0.2, 0) is 21.4 Å². The van der Waals surface area contributed by atoms with Crippen LogP contribution in [0.2, 0.25) is 0 Å². The van der Waals surface area contributed by atoms with E-state index in [0.717, 1.165) is 30.2 Å². The smallest absolute Gasteiger partial charge is 0.322 e. The van der Waals surface area contributed by atoms with E-state index < -0.39 is 22.0 Å². The lowest BCUT2D eigenvalue weighted by Gasteiger charge is -2.27. The molecule has 0 saturated heterocycles. The number of carboxylic acids is 1. The molecule has 6 nitrogen and oxygen atoms in total. The zero-order valence-corrected chi connectivity index (χ0v) is 18.6. The van der Waals surface area contributed by atoms with Crippen LogP contribution < -0.4 is 0 Å². The highest BCUT2D eigenvalue weighted by Gasteiger charge is 2.35. The van der Waals surface area contributed by atoms with Gasteiger partial charge in [-0.25, -0.2) is 13.4 Å². The molecule has 0 amide bonds. The van der Waals surface area contributed by atoms with Gasteiger partial charge >= 0.3 is 5.97 Å². The molecule has 0 aliphatic rings. The zero-order valence-electron chi connectivity index (χ0n) is 16.1. The van der Waals surface area contributed by atoms with Crippen LogP contribution in [-0.4, -0.2) is 40.6 Å². The average Bonchev–Trinajstić information content (AvgIpc) is 3.10. The van der Waals surface area contributed by atoms with E-state index in [4.69, 9.17) is 0 Å². The molecule has 1 heterocycles. The van der Waals surface area contributed by atoms with E-state index in [0.29, 0.717) is 0 Å². The molecule has 0 aliphatic carbocycles. The van der Waals surface area contributed by atoms with Gasteiger partial charge in [0, 0.05) is 6.54 Å². The number of hydrogen-bond donors (Lipinski definition) is 1. The maximum absolute atomic E-state index is 13.5. The fraction of sp³-hybridized carbons (Fsp3) is 0.300. The Kier molecular flexibility index (Phi) is 6.94. The lowest BCUT2D eigenvalue weighted by molar-refractivity contribution is -0.141. The number of carbonyl (C=O) groups is 1. The molecular formula is C20H22N2O4S3. The summed E-state index contributed by atoms with van der Waals surface area (Å²) in [6.07, 6.45) is 0.168. The molecule has 1 N–H and O–H groups in total. The predicted octanol–water partition coefficient (Wildman–Crippen LogP) is 4.46. The molecule has 154 valence electrons. The van der Waals surface area contributed by atoms with Crippen molar-refractivity contribution < 1.29 is 18.3 Å². The first-order valence-corrected chi connectivity index (χ1v) is 12.4. The largest absolute Gasteiger partial charge is 0.480 e. The summed E-state index contributed by atoms with van der Waals surface area (Å²) < 4.78 is 29.6. The standard InChI is InChI=1S/C20H22N2O4S3/c1-3-17(19(23)24)22(13-14-8-6-5-7-9-14)29(25,26)15-10-11-16-18(12-15)28-20(21-16)27-4-2/h5-12,17H,3-4,13H2,1-2H3,(H,23,24). The molecule has 1 aromatic heterocycles. The summed E-state index contributed by atoms with van der Waals surface area (Å²) in [5.74, 6) is -0.278. The molecule has 0 radical (unpaired) electrons. The Morgan fingerprint density at radius 1 is 1.21 bits per heavy atom. The second-order valence-electron chi connectivity index (χ2n) is 6.34. The fourth-order valence-corrected chi connectivity index (χ4v) is 6.74. The Bertz CT molecular complexity index is 1100. The lowest BCUT2D eigenvalue weighted by atomic mass is 10.2. The number of nitrogens with zero attached hydrogens (tertiary/aromatic N) is 2. The Labute approximate surface area is 178 Å². The molecule has 29 heavy (non-hydrogen) atoms. The van der Waals surface area contributed by atoms with Crippen molar-refractivity contribution in [3.63, 3.8) is 0 Å². The summed E-state index contributed by atoms with van der Waals surface area (Å²) in [6, 6.07) is 12.6. The van der Waals surface area contributed by atoms with Crippen molar-refractivity contribution in [2.24, 2.45) is 0 Å². The summed E-state index contributed by atoms with van der Waals surface area (Å²) in [5, 5.41) is 9.65. The number of hydrogen-bond acceptors (Lipinski definition) is 6. The van der Waals surface area contributed by atoms with E-state index in [1.807, 2.05) is 13.0 Å². The fourth-order valence-electron chi connectivity index (χ4n) is 2.99. The van der Waals surface area contributed by atoms with Crippen LogP contribution in [0.25, 0.3) is 10.2 Å². The van der Waals surface area contributed by atoms with Crippen LogP contribution in [0.15, 0.2) is 57.8 Å². The number of thioether (sulfide) groups is 1. The average molecular weight is 451 g/mol. The summed E-state index contributed by atoms with van der Waals surface area (Å²) in [6.45, 7) is 3.70. The highest BCUT2D eigenvalue weighted by atomic mass is 32.2. The topological polar surface area (TPSA) is 87.6 Å². The number of aromatic nitrogens is 1. The van der Waals surface area contributed by atoms with Gasteiger partial charge in [0.25, 0.3) is 0 Å². The van der Waals surface area contributed by atoms with Gasteiger partial charge in [-0.05, 0) is 35.9 Å². The molecule has 0 spiro atoms. The van der Waals surface area contributed by atoms with Crippen molar-refractivity contribution in [2.75, 3.05) is 5.75 Å². The molecular weight excluding hydrogens is 428 g/mol. The predicted molar refractivity (Wildman–Crippen MR) is 117 cm³/mol. The molecule has 3 aromatic rings. The number of aliphatic carboxylic acids is 1.